The van der Waals surface area contributed by atoms with Crippen molar-refractivity contribution in [3.63, 3.8) is 0 Å². The van der Waals surface area contributed by atoms with E-state index in [4.69, 9.17) is 4.74 Å². The molecule has 1 amide bonds. The molecule has 1 aromatic carbocycles. The van der Waals surface area contributed by atoms with Crippen molar-refractivity contribution in [2.24, 2.45) is 0 Å². The number of nitrogens with one attached hydrogen (secondary N) is 2. The zero-order valence-corrected chi connectivity index (χ0v) is 16.6. The summed E-state index contributed by atoms with van der Waals surface area (Å²) in [6.45, 7) is 2.70. The lowest BCUT2D eigenvalue weighted by Crippen LogP contribution is -2.33. The minimum Gasteiger partial charge on any atom is -0.383 e. The van der Waals surface area contributed by atoms with Gasteiger partial charge in [0.05, 0.1) is 12.2 Å². The van der Waals surface area contributed by atoms with E-state index in [0.29, 0.717) is 25.3 Å². The highest BCUT2D eigenvalue weighted by molar-refractivity contribution is 5.94. The average Bonchev–Trinajstić information content (AvgIpc) is 2.64. The van der Waals surface area contributed by atoms with Gasteiger partial charge in [0.15, 0.2) is 0 Å². The maximum atomic E-state index is 12.1. The number of aromatic nitrogens is 1. The van der Waals surface area contributed by atoms with E-state index in [0.717, 1.165) is 18.1 Å². The van der Waals surface area contributed by atoms with Gasteiger partial charge in [-0.15, -0.1) is 24.8 Å². The number of hydrogen-bond donors (Lipinski definition) is 2. The highest BCUT2D eigenvalue weighted by Crippen LogP contribution is 2.20. The molecule has 0 atom stereocenters. The second kappa shape index (κ2) is 13.4. The van der Waals surface area contributed by atoms with Gasteiger partial charge in [-0.05, 0) is 24.3 Å². The van der Waals surface area contributed by atoms with Crippen molar-refractivity contribution >= 4 is 42.2 Å². The van der Waals surface area contributed by atoms with Gasteiger partial charge in [-0.1, -0.05) is 18.2 Å². The first-order chi connectivity index (χ1) is 11.7. The summed E-state index contributed by atoms with van der Waals surface area (Å²) < 4.78 is 4.94. The lowest BCUT2D eigenvalue weighted by atomic mass is 10.2. The molecule has 0 spiro atoms. The number of carbonyl (C=O) groups excluding carboxylic acids is 1. The summed E-state index contributed by atoms with van der Waals surface area (Å²) >= 11 is 0. The van der Waals surface area contributed by atoms with E-state index in [2.05, 4.69) is 15.6 Å². The summed E-state index contributed by atoms with van der Waals surface area (Å²) in [5, 5.41) is 6.03. The van der Waals surface area contributed by atoms with Gasteiger partial charge in [0.1, 0.15) is 5.82 Å². The minimum atomic E-state index is -0.120. The Balaban J connectivity index is 0.00000312. The fourth-order valence-electron chi connectivity index (χ4n) is 2.17. The van der Waals surface area contributed by atoms with Gasteiger partial charge in [-0.3, -0.25) is 4.79 Å². The third-order valence-electron chi connectivity index (χ3n) is 3.57. The zero-order valence-electron chi connectivity index (χ0n) is 15.0. The number of carbonyl (C=O) groups is 1. The first kappa shape index (κ1) is 24.1. The molecule has 0 radical (unpaired) electrons. The van der Waals surface area contributed by atoms with E-state index < -0.39 is 0 Å². The molecule has 0 aliphatic heterocycles. The molecule has 144 valence electrons. The number of hydrogen-bond acceptors (Lipinski definition) is 5. The largest absolute Gasteiger partial charge is 0.383 e. The Labute approximate surface area is 167 Å². The lowest BCUT2D eigenvalue weighted by molar-refractivity contribution is 0.0953. The Kier molecular flexibility index (Phi) is 12.4. The van der Waals surface area contributed by atoms with Crippen LogP contribution in [0.2, 0.25) is 0 Å². The monoisotopic (exact) mass is 400 g/mol. The molecule has 0 fully saturated rings. The number of ether oxygens (including phenoxy) is 1. The van der Waals surface area contributed by atoms with Crippen LogP contribution in [-0.2, 0) is 4.74 Å². The summed E-state index contributed by atoms with van der Waals surface area (Å²) in [6, 6.07) is 13.6. The van der Waals surface area contributed by atoms with Crippen LogP contribution in [0.3, 0.4) is 0 Å². The van der Waals surface area contributed by atoms with Crippen molar-refractivity contribution in [2.45, 2.75) is 0 Å². The zero-order chi connectivity index (χ0) is 17.2. The van der Waals surface area contributed by atoms with E-state index in [1.807, 2.05) is 48.3 Å². The highest BCUT2D eigenvalue weighted by Gasteiger charge is 2.08. The fourth-order valence-corrected chi connectivity index (χ4v) is 2.17. The molecule has 0 aliphatic carbocycles. The maximum absolute atomic E-state index is 12.1. The number of benzene rings is 1. The molecule has 26 heavy (non-hydrogen) atoms. The van der Waals surface area contributed by atoms with Gasteiger partial charge in [-0.2, -0.15) is 0 Å². The number of anilines is 2. The van der Waals surface area contributed by atoms with Gasteiger partial charge >= 0.3 is 0 Å². The number of para-hydroxylation sites is 1. The Morgan fingerprint density at radius 3 is 2.42 bits per heavy atom. The molecule has 0 bridgehead atoms. The van der Waals surface area contributed by atoms with Crippen molar-refractivity contribution in [1.82, 2.24) is 15.6 Å². The minimum absolute atomic E-state index is 0. The molecular formula is C18H26Cl2N4O2. The van der Waals surface area contributed by atoms with Crippen LogP contribution >= 0.6 is 24.8 Å². The summed E-state index contributed by atoms with van der Waals surface area (Å²) in [5.41, 5.74) is 1.60. The number of rotatable bonds is 9. The number of nitrogens with zero attached hydrogens (tertiary/aromatic N) is 2. The first-order valence-corrected chi connectivity index (χ1v) is 7.95. The van der Waals surface area contributed by atoms with Gasteiger partial charge in [0.2, 0.25) is 0 Å². The van der Waals surface area contributed by atoms with Gasteiger partial charge in [0, 0.05) is 45.7 Å². The standard InChI is InChI=1S/C18H24N4O2.2ClH/c1-22(16-6-4-3-5-7-16)17-9-8-15(14-21-17)18(23)20-11-10-19-12-13-24-2;;/h3-9,14,19H,10-13H2,1-2H3,(H,20,23);2*1H. The van der Waals surface area contributed by atoms with Crippen LogP contribution in [0.5, 0.6) is 0 Å². The van der Waals surface area contributed by atoms with E-state index in [1.165, 1.54) is 0 Å². The molecule has 0 saturated carbocycles. The number of methoxy groups -OCH3 is 1. The normalized spacial score (nSPS) is 9.62. The summed E-state index contributed by atoms with van der Waals surface area (Å²) in [7, 11) is 3.61. The number of amides is 1. The van der Waals surface area contributed by atoms with Crippen LogP contribution in [0.15, 0.2) is 48.7 Å². The molecular weight excluding hydrogens is 375 g/mol. The summed E-state index contributed by atoms with van der Waals surface area (Å²) in [5.74, 6) is 0.670. The van der Waals surface area contributed by atoms with Crippen LogP contribution in [0.1, 0.15) is 10.4 Å². The molecule has 0 unspecified atom stereocenters. The Morgan fingerprint density at radius 2 is 1.81 bits per heavy atom. The molecule has 2 aromatic rings. The molecule has 8 heteroatoms. The second-order valence-electron chi connectivity index (χ2n) is 5.30. The quantitative estimate of drug-likeness (QED) is 0.633. The maximum Gasteiger partial charge on any atom is 0.252 e. The topological polar surface area (TPSA) is 66.5 Å². The summed E-state index contributed by atoms with van der Waals surface area (Å²) in [6.07, 6.45) is 1.60. The van der Waals surface area contributed by atoms with Gasteiger partial charge in [0.25, 0.3) is 5.91 Å². The summed E-state index contributed by atoms with van der Waals surface area (Å²) in [4.78, 5) is 18.4. The van der Waals surface area contributed by atoms with Crippen molar-refractivity contribution < 1.29 is 9.53 Å². The average molecular weight is 401 g/mol. The van der Waals surface area contributed by atoms with Gasteiger partial charge < -0.3 is 20.3 Å². The third kappa shape index (κ3) is 7.58. The number of pyridine rings is 1. The van der Waals surface area contributed by atoms with E-state index >= 15 is 0 Å². The smallest absolute Gasteiger partial charge is 0.252 e. The molecule has 1 heterocycles. The van der Waals surface area contributed by atoms with Crippen molar-refractivity contribution in [3.8, 4) is 0 Å². The molecule has 2 rings (SSSR count). The van der Waals surface area contributed by atoms with E-state index in [1.54, 1.807) is 19.4 Å². The first-order valence-electron chi connectivity index (χ1n) is 7.95. The molecule has 1 aromatic heterocycles. The third-order valence-corrected chi connectivity index (χ3v) is 3.57. The second-order valence-corrected chi connectivity index (χ2v) is 5.30. The molecule has 2 N–H and O–H groups in total. The van der Waals surface area contributed by atoms with Crippen LogP contribution in [0.25, 0.3) is 0 Å². The fraction of sp³-hybridized carbons (Fsp3) is 0.333. The van der Waals surface area contributed by atoms with Gasteiger partial charge in [-0.25, -0.2) is 4.98 Å². The lowest BCUT2D eigenvalue weighted by Gasteiger charge is -2.18. The van der Waals surface area contributed by atoms with Crippen molar-refractivity contribution in [1.29, 1.82) is 0 Å². The van der Waals surface area contributed by atoms with Crippen molar-refractivity contribution in [2.75, 3.05) is 45.3 Å². The predicted octanol–water partition coefficient (Wildman–Crippen LogP) is 2.66. The van der Waals surface area contributed by atoms with E-state index in [9.17, 15) is 4.79 Å². The Hall–Kier alpha value is -1.86. The SMILES string of the molecule is COCCNCCNC(=O)c1ccc(N(C)c2ccccc2)nc1.Cl.Cl. The van der Waals surface area contributed by atoms with Crippen LogP contribution in [-0.4, -0.2) is 51.3 Å². The van der Waals surface area contributed by atoms with E-state index in [-0.39, 0.29) is 30.7 Å². The molecule has 0 aliphatic rings. The Morgan fingerprint density at radius 1 is 1.08 bits per heavy atom. The molecule has 0 saturated heterocycles. The molecule has 6 nitrogen and oxygen atoms in total. The van der Waals surface area contributed by atoms with Crippen LogP contribution < -0.4 is 15.5 Å². The highest BCUT2D eigenvalue weighted by atomic mass is 35.5. The van der Waals surface area contributed by atoms with Crippen molar-refractivity contribution in [3.05, 3.63) is 54.2 Å². The Bertz CT molecular complexity index is 627. The van der Waals surface area contributed by atoms with Crippen LogP contribution in [0.4, 0.5) is 11.5 Å². The number of halogens is 2. The van der Waals surface area contributed by atoms with Crippen LogP contribution in [0, 0.1) is 0 Å². The predicted molar refractivity (Wildman–Crippen MR) is 110 cm³/mol.